The van der Waals surface area contributed by atoms with E-state index in [-0.39, 0.29) is 11.2 Å². The van der Waals surface area contributed by atoms with Crippen molar-refractivity contribution in [3.8, 4) is 11.1 Å². The summed E-state index contributed by atoms with van der Waals surface area (Å²) in [5, 5.41) is 9.03. The predicted octanol–water partition coefficient (Wildman–Crippen LogP) is 5.80. The molecule has 0 fully saturated rings. The van der Waals surface area contributed by atoms with Gasteiger partial charge < -0.3 is 9.68 Å². The van der Waals surface area contributed by atoms with Crippen molar-refractivity contribution < 1.29 is 9.68 Å². The first-order chi connectivity index (χ1) is 12.6. The quantitative estimate of drug-likeness (QED) is 0.632. The summed E-state index contributed by atoms with van der Waals surface area (Å²) in [6.07, 6.45) is 0.542. The van der Waals surface area contributed by atoms with Crippen molar-refractivity contribution in [2.75, 3.05) is 0 Å². The molecular formula is C23H28N2O2. The molecule has 4 nitrogen and oxygen atoms in total. The third-order valence-electron chi connectivity index (χ3n) is 3.96. The molecule has 0 aliphatic heterocycles. The smallest absolute Gasteiger partial charge is 0.129 e. The van der Waals surface area contributed by atoms with E-state index in [1.165, 1.54) is 0 Å². The first-order valence-electron chi connectivity index (χ1n) is 9.33. The van der Waals surface area contributed by atoms with Crippen LogP contribution >= 0.6 is 0 Å². The molecule has 0 heterocycles. The maximum Gasteiger partial charge on any atom is 0.129 e. The zero-order chi connectivity index (χ0) is 19.7. The Morgan fingerprint density at radius 3 is 1.26 bits per heavy atom. The first-order valence-corrected chi connectivity index (χ1v) is 9.33. The van der Waals surface area contributed by atoms with Crippen molar-refractivity contribution >= 4 is 11.4 Å². The summed E-state index contributed by atoms with van der Waals surface area (Å²) >= 11 is 0. The molecule has 0 saturated carbocycles. The minimum Gasteiger partial charge on any atom is -0.390 e. The van der Waals surface area contributed by atoms with Gasteiger partial charge >= 0.3 is 0 Å². The van der Waals surface area contributed by atoms with Crippen LogP contribution in [-0.2, 0) is 9.68 Å². The molecule has 0 atom stereocenters. The van der Waals surface area contributed by atoms with Gasteiger partial charge in [0.15, 0.2) is 0 Å². The maximum atomic E-state index is 5.77. The lowest BCUT2D eigenvalue weighted by molar-refractivity contribution is 0.0000337. The fraction of sp³-hybridized carbons (Fsp3) is 0.391. The molecule has 0 radical (unpaired) electrons. The zero-order valence-corrected chi connectivity index (χ0v) is 17.0. The lowest BCUT2D eigenvalue weighted by Gasteiger charge is -2.18. The Morgan fingerprint density at radius 2 is 0.926 bits per heavy atom. The number of rotatable bonds is 2. The van der Waals surface area contributed by atoms with Crippen LogP contribution < -0.4 is 0 Å². The molecule has 0 aromatic heterocycles. The molecule has 0 saturated heterocycles. The van der Waals surface area contributed by atoms with Crippen molar-refractivity contribution in [1.82, 2.24) is 0 Å². The van der Waals surface area contributed by atoms with Gasteiger partial charge in [-0.2, -0.15) is 0 Å². The van der Waals surface area contributed by atoms with E-state index in [0.29, 0.717) is 6.42 Å². The van der Waals surface area contributed by atoms with Gasteiger partial charge in [-0.1, -0.05) is 58.8 Å². The normalized spacial score (nSPS) is 17.3. The predicted molar refractivity (Wildman–Crippen MR) is 111 cm³/mol. The Kier molecular flexibility index (Phi) is 5.09. The summed E-state index contributed by atoms with van der Waals surface area (Å²) in [5.74, 6) is 0. The summed E-state index contributed by atoms with van der Waals surface area (Å²) in [7, 11) is 0. The van der Waals surface area contributed by atoms with Gasteiger partial charge in [0.25, 0.3) is 0 Å². The van der Waals surface area contributed by atoms with Crippen LogP contribution in [0.5, 0.6) is 0 Å². The molecule has 3 rings (SSSR count). The van der Waals surface area contributed by atoms with Crippen LogP contribution in [-0.4, -0.2) is 22.6 Å². The van der Waals surface area contributed by atoms with Gasteiger partial charge in [0.05, 0.1) is 11.4 Å². The second-order valence-corrected chi connectivity index (χ2v) is 8.75. The molecule has 1 aliphatic rings. The first kappa shape index (κ1) is 19.2. The highest BCUT2D eigenvalue weighted by Crippen LogP contribution is 2.33. The van der Waals surface area contributed by atoms with E-state index >= 15 is 0 Å². The zero-order valence-electron chi connectivity index (χ0n) is 17.0. The largest absolute Gasteiger partial charge is 0.390 e. The number of hydrogen-bond acceptors (Lipinski definition) is 4. The molecule has 0 unspecified atom stereocenters. The molecule has 0 spiro atoms. The van der Waals surface area contributed by atoms with Gasteiger partial charge in [-0.15, -0.1) is 0 Å². The van der Waals surface area contributed by atoms with Crippen LogP contribution in [0.3, 0.4) is 0 Å². The third-order valence-corrected chi connectivity index (χ3v) is 3.96. The number of benzene rings is 2. The SMILES string of the molecule is CC(C)(C)ON=C1CC(=NOC(C)(C)C)c2ccccc2-c2ccccc21. The molecule has 27 heavy (non-hydrogen) atoms. The van der Waals surface area contributed by atoms with Gasteiger partial charge in [0.1, 0.15) is 11.2 Å². The van der Waals surface area contributed by atoms with Gasteiger partial charge in [-0.3, -0.25) is 0 Å². The van der Waals surface area contributed by atoms with Crippen molar-refractivity contribution in [1.29, 1.82) is 0 Å². The second kappa shape index (κ2) is 7.18. The Hall–Kier alpha value is -2.62. The van der Waals surface area contributed by atoms with E-state index in [4.69, 9.17) is 9.68 Å². The van der Waals surface area contributed by atoms with Gasteiger partial charge in [0.2, 0.25) is 0 Å². The van der Waals surface area contributed by atoms with E-state index in [9.17, 15) is 0 Å². The summed E-state index contributed by atoms with van der Waals surface area (Å²) < 4.78 is 0. The average Bonchev–Trinajstić information content (AvgIpc) is 2.72. The monoisotopic (exact) mass is 364 g/mol. The fourth-order valence-electron chi connectivity index (χ4n) is 2.84. The maximum absolute atomic E-state index is 5.77. The summed E-state index contributed by atoms with van der Waals surface area (Å²) in [4.78, 5) is 11.5. The van der Waals surface area contributed by atoms with E-state index in [1.807, 2.05) is 65.8 Å². The van der Waals surface area contributed by atoms with Gasteiger partial charge in [-0.25, -0.2) is 0 Å². The van der Waals surface area contributed by atoms with Gasteiger partial charge in [-0.05, 0) is 52.7 Å². The molecule has 0 amide bonds. The topological polar surface area (TPSA) is 43.2 Å². The van der Waals surface area contributed by atoms with Crippen molar-refractivity contribution in [2.24, 2.45) is 10.3 Å². The molecule has 4 heteroatoms. The van der Waals surface area contributed by atoms with Crippen LogP contribution in [0.2, 0.25) is 0 Å². The molecule has 2 aromatic rings. The highest BCUT2D eigenvalue weighted by atomic mass is 16.7. The van der Waals surface area contributed by atoms with Crippen LogP contribution in [0, 0.1) is 0 Å². The van der Waals surface area contributed by atoms with Crippen molar-refractivity contribution in [2.45, 2.75) is 59.2 Å². The Labute approximate surface area is 161 Å². The minimum atomic E-state index is -0.361. The standard InChI is InChI=1S/C23H28N2O2/c1-22(2,3)26-24-20-15-21(25-27-23(4,5)6)19-14-10-8-12-17(19)16-11-7-9-13-18(16)20/h7-14H,15H2,1-6H3. The third kappa shape index (κ3) is 4.76. The fourth-order valence-corrected chi connectivity index (χ4v) is 2.84. The number of hydrogen-bond donors (Lipinski definition) is 0. The Bertz CT molecular complexity index is 810. The number of fused-ring (bicyclic) bond motifs is 3. The minimum absolute atomic E-state index is 0.361. The van der Waals surface area contributed by atoms with Crippen molar-refractivity contribution in [3.05, 3.63) is 59.7 Å². The summed E-state index contributed by atoms with van der Waals surface area (Å²) in [6.45, 7) is 12.0. The number of nitrogens with zero attached hydrogens (tertiary/aromatic N) is 2. The molecule has 1 aliphatic carbocycles. The van der Waals surface area contributed by atoms with Crippen LogP contribution in [0.4, 0.5) is 0 Å². The molecule has 0 N–H and O–H groups in total. The lowest BCUT2D eigenvalue weighted by atomic mass is 9.96. The summed E-state index contributed by atoms with van der Waals surface area (Å²) in [5.41, 5.74) is 5.38. The average molecular weight is 364 g/mol. The van der Waals surface area contributed by atoms with Crippen molar-refractivity contribution in [3.63, 3.8) is 0 Å². The number of oxime groups is 2. The Balaban J connectivity index is 2.17. The van der Waals surface area contributed by atoms with Crippen LogP contribution in [0.15, 0.2) is 58.8 Å². The molecule has 0 bridgehead atoms. The molecule has 2 aromatic carbocycles. The van der Waals surface area contributed by atoms with Gasteiger partial charge in [0, 0.05) is 17.5 Å². The lowest BCUT2D eigenvalue weighted by Crippen LogP contribution is -2.20. The van der Waals surface area contributed by atoms with E-state index in [1.54, 1.807) is 0 Å². The van der Waals surface area contributed by atoms with Crippen LogP contribution in [0.1, 0.15) is 59.1 Å². The summed E-state index contributed by atoms with van der Waals surface area (Å²) in [6, 6.07) is 16.6. The van der Waals surface area contributed by atoms with E-state index < -0.39 is 0 Å². The molecule has 142 valence electrons. The highest BCUT2D eigenvalue weighted by molar-refractivity contribution is 6.24. The Morgan fingerprint density at radius 1 is 0.593 bits per heavy atom. The van der Waals surface area contributed by atoms with E-state index in [0.717, 1.165) is 33.7 Å². The second-order valence-electron chi connectivity index (χ2n) is 8.75. The highest BCUT2D eigenvalue weighted by Gasteiger charge is 2.25. The van der Waals surface area contributed by atoms with Crippen LogP contribution in [0.25, 0.3) is 11.1 Å². The molecular weight excluding hydrogens is 336 g/mol. The van der Waals surface area contributed by atoms with E-state index in [2.05, 4.69) is 34.6 Å².